The molecule has 0 aliphatic carbocycles. The molecule has 7 heteroatoms. The van der Waals surface area contributed by atoms with E-state index in [1.165, 1.54) is 17.5 Å². The Balaban J connectivity index is 2.69. The van der Waals surface area contributed by atoms with Crippen molar-refractivity contribution in [2.24, 2.45) is 0 Å². The zero-order valence-corrected chi connectivity index (χ0v) is 11.1. The highest BCUT2D eigenvalue weighted by molar-refractivity contribution is 5.94. The number of hydrogen-bond donors (Lipinski definition) is 1. The van der Waals surface area contributed by atoms with Gasteiger partial charge < -0.3 is 5.32 Å². The van der Waals surface area contributed by atoms with Crippen molar-refractivity contribution >= 4 is 11.6 Å². The predicted octanol–water partition coefficient (Wildman–Crippen LogP) is 2.67. The molecule has 2 rings (SSSR count). The third-order valence-electron chi connectivity index (χ3n) is 2.95. The number of pyridine rings is 1. The Kier molecular flexibility index (Phi) is 3.69. The van der Waals surface area contributed by atoms with Gasteiger partial charge in [0.15, 0.2) is 0 Å². The molecule has 0 fully saturated rings. The summed E-state index contributed by atoms with van der Waals surface area (Å²) in [6, 6.07) is 2.24. The lowest BCUT2D eigenvalue weighted by molar-refractivity contribution is -0.137. The van der Waals surface area contributed by atoms with Crippen molar-refractivity contribution in [3.8, 4) is 0 Å². The first-order valence-corrected chi connectivity index (χ1v) is 6.18. The number of imidazole rings is 1. The molecular formula is C13H14F3N3O. The van der Waals surface area contributed by atoms with Crippen LogP contribution in [0, 0.1) is 0 Å². The van der Waals surface area contributed by atoms with Gasteiger partial charge in [0.2, 0.25) is 0 Å². The lowest BCUT2D eigenvalue weighted by Crippen LogP contribution is -2.21. The first kappa shape index (κ1) is 14.4. The Morgan fingerprint density at radius 3 is 2.65 bits per heavy atom. The standard InChI is InChI=1S/C13H14F3N3O/c1-3-4-9-11(12(20)17-2)19-7-8(13(14,15)16)5-6-10(19)18-9/h5-7H,3-4H2,1-2H3,(H,17,20). The monoisotopic (exact) mass is 285 g/mol. The van der Waals surface area contributed by atoms with Gasteiger partial charge in [0, 0.05) is 13.2 Å². The summed E-state index contributed by atoms with van der Waals surface area (Å²) in [6.07, 6.45) is -2.26. The molecule has 1 N–H and O–H groups in total. The first-order chi connectivity index (χ1) is 9.38. The molecule has 0 atom stereocenters. The van der Waals surface area contributed by atoms with E-state index in [1.54, 1.807) is 0 Å². The van der Waals surface area contributed by atoms with E-state index in [0.29, 0.717) is 17.8 Å². The second kappa shape index (κ2) is 5.15. The minimum absolute atomic E-state index is 0.162. The molecule has 0 bridgehead atoms. The molecule has 0 unspecified atom stereocenters. The number of carbonyl (C=O) groups excluding carboxylic acids is 1. The number of nitrogens with one attached hydrogen (secondary N) is 1. The Hall–Kier alpha value is -2.05. The van der Waals surface area contributed by atoms with Crippen LogP contribution in [-0.4, -0.2) is 22.3 Å². The third kappa shape index (κ3) is 2.48. The van der Waals surface area contributed by atoms with Crippen LogP contribution in [0.3, 0.4) is 0 Å². The summed E-state index contributed by atoms with van der Waals surface area (Å²) < 4.78 is 39.5. The smallest absolute Gasteiger partial charge is 0.354 e. The van der Waals surface area contributed by atoms with Crippen molar-refractivity contribution < 1.29 is 18.0 Å². The van der Waals surface area contributed by atoms with Gasteiger partial charge in [0.1, 0.15) is 11.3 Å². The minimum Gasteiger partial charge on any atom is -0.354 e. The van der Waals surface area contributed by atoms with Gasteiger partial charge in [-0.05, 0) is 18.6 Å². The van der Waals surface area contributed by atoms with Crippen molar-refractivity contribution in [2.45, 2.75) is 25.9 Å². The number of halogens is 3. The molecule has 2 heterocycles. The van der Waals surface area contributed by atoms with E-state index >= 15 is 0 Å². The number of fused-ring (bicyclic) bond motifs is 1. The molecule has 2 aromatic rings. The van der Waals surface area contributed by atoms with Crippen molar-refractivity contribution in [3.63, 3.8) is 0 Å². The average Bonchev–Trinajstić information content (AvgIpc) is 2.74. The summed E-state index contributed by atoms with van der Waals surface area (Å²) >= 11 is 0. The Morgan fingerprint density at radius 2 is 2.10 bits per heavy atom. The molecule has 20 heavy (non-hydrogen) atoms. The van der Waals surface area contributed by atoms with E-state index in [9.17, 15) is 18.0 Å². The largest absolute Gasteiger partial charge is 0.417 e. The highest BCUT2D eigenvalue weighted by Crippen LogP contribution is 2.30. The molecule has 0 aliphatic rings. The summed E-state index contributed by atoms with van der Waals surface area (Å²) in [5.41, 5.74) is 0.192. The lowest BCUT2D eigenvalue weighted by Gasteiger charge is -2.08. The summed E-state index contributed by atoms with van der Waals surface area (Å²) in [5, 5.41) is 2.44. The third-order valence-corrected chi connectivity index (χ3v) is 2.95. The Labute approximate surface area is 113 Å². The van der Waals surface area contributed by atoms with Gasteiger partial charge in [-0.15, -0.1) is 0 Å². The van der Waals surface area contributed by atoms with Gasteiger partial charge in [0.05, 0.1) is 11.3 Å². The maximum atomic E-state index is 12.8. The van der Waals surface area contributed by atoms with Crippen LogP contribution < -0.4 is 5.32 Å². The van der Waals surface area contributed by atoms with E-state index in [0.717, 1.165) is 18.7 Å². The van der Waals surface area contributed by atoms with E-state index < -0.39 is 17.6 Å². The molecule has 108 valence electrons. The number of aryl methyl sites for hydroxylation is 1. The van der Waals surface area contributed by atoms with Crippen molar-refractivity contribution in [1.29, 1.82) is 0 Å². The average molecular weight is 285 g/mol. The maximum Gasteiger partial charge on any atom is 0.417 e. The highest BCUT2D eigenvalue weighted by Gasteiger charge is 2.31. The number of carbonyl (C=O) groups is 1. The van der Waals surface area contributed by atoms with E-state index in [2.05, 4.69) is 10.3 Å². The summed E-state index contributed by atoms with van der Waals surface area (Å²) in [4.78, 5) is 16.1. The SMILES string of the molecule is CCCc1nc2ccc(C(F)(F)F)cn2c1C(=O)NC. The van der Waals surface area contributed by atoms with Crippen LogP contribution in [-0.2, 0) is 12.6 Å². The molecule has 0 radical (unpaired) electrons. The molecule has 0 aromatic carbocycles. The molecule has 0 saturated heterocycles. The van der Waals surface area contributed by atoms with Crippen LogP contribution in [0.4, 0.5) is 13.2 Å². The topological polar surface area (TPSA) is 46.4 Å². The Morgan fingerprint density at radius 1 is 1.40 bits per heavy atom. The summed E-state index contributed by atoms with van der Waals surface area (Å²) in [7, 11) is 1.44. The normalized spacial score (nSPS) is 11.8. The van der Waals surface area contributed by atoms with Crippen molar-refractivity contribution in [2.75, 3.05) is 7.05 Å². The number of hydrogen-bond acceptors (Lipinski definition) is 2. The molecule has 0 saturated carbocycles. The van der Waals surface area contributed by atoms with Crippen LogP contribution in [0.15, 0.2) is 18.3 Å². The van der Waals surface area contributed by atoms with E-state index in [1.807, 2.05) is 6.92 Å². The van der Waals surface area contributed by atoms with Gasteiger partial charge in [-0.2, -0.15) is 13.2 Å². The van der Waals surface area contributed by atoms with Crippen LogP contribution in [0.5, 0.6) is 0 Å². The molecule has 4 nitrogen and oxygen atoms in total. The molecule has 1 amide bonds. The number of aromatic nitrogens is 2. The second-order valence-electron chi connectivity index (χ2n) is 4.38. The molecule has 2 aromatic heterocycles. The zero-order chi connectivity index (χ0) is 14.9. The van der Waals surface area contributed by atoms with Gasteiger partial charge in [0.25, 0.3) is 5.91 Å². The van der Waals surface area contributed by atoms with Gasteiger partial charge in [-0.1, -0.05) is 13.3 Å². The van der Waals surface area contributed by atoms with Gasteiger partial charge in [-0.25, -0.2) is 4.98 Å². The maximum absolute atomic E-state index is 12.8. The molecular weight excluding hydrogens is 271 g/mol. The van der Waals surface area contributed by atoms with Crippen molar-refractivity contribution in [1.82, 2.24) is 14.7 Å². The second-order valence-corrected chi connectivity index (χ2v) is 4.38. The fourth-order valence-corrected chi connectivity index (χ4v) is 2.03. The number of alkyl halides is 3. The number of nitrogens with zero attached hydrogens (tertiary/aromatic N) is 2. The van der Waals surface area contributed by atoms with Crippen LogP contribution in [0.2, 0.25) is 0 Å². The number of amides is 1. The molecule has 0 aliphatic heterocycles. The molecule has 0 spiro atoms. The van der Waals surface area contributed by atoms with Crippen LogP contribution in [0.1, 0.15) is 35.1 Å². The Bertz CT molecular complexity index is 646. The summed E-state index contributed by atoms with van der Waals surface area (Å²) in [5.74, 6) is -0.444. The summed E-state index contributed by atoms with van der Waals surface area (Å²) in [6.45, 7) is 1.92. The van der Waals surface area contributed by atoms with E-state index in [4.69, 9.17) is 0 Å². The van der Waals surface area contributed by atoms with Crippen molar-refractivity contribution in [3.05, 3.63) is 35.3 Å². The first-order valence-electron chi connectivity index (χ1n) is 6.18. The van der Waals surface area contributed by atoms with Gasteiger partial charge >= 0.3 is 6.18 Å². The number of rotatable bonds is 3. The van der Waals surface area contributed by atoms with Gasteiger partial charge in [-0.3, -0.25) is 9.20 Å². The van der Waals surface area contributed by atoms with E-state index in [-0.39, 0.29) is 5.69 Å². The lowest BCUT2D eigenvalue weighted by atomic mass is 10.2. The fourth-order valence-electron chi connectivity index (χ4n) is 2.03. The van der Waals surface area contributed by atoms with Crippen LogP contribution >= 0.6 is 0 Å². The fraction of sp³-hybridized carbons (Fsp3) is 0.385. The van der Waals surface area contributed by atoms with Crippen LogP contribution in [0.25, 0.3) is 5.65 Å². The zero-order valence-electron chi connectivity index (χ0n) is 11.1. The minimum atomic E-state index is -4.46. The predicted molar refractivity (Wildman–Crippen MR) is 67.6 cm³/mol. The quantitative estimate of drug-likeness (QED) is 0.942. The highest BCUT2D eigenvalue weighted by atomic mass is 19.4.